The predicted molar refractivity (Wildman–Crippen MR) is 101 cm³/mol. The number of nitrogens with zero attached hydrogens (tertiary/aromatic N) is 3. The molecule has 1 aromatic heterocycles. The van der Waals surface area contributed by atoms with Crippen molar-refractivity contribution >= 4 is 5.91 Å². The highest BCUT2D eigenvalue weighted by atomic mass is 16.5. The van der Waals surface area contributed by atoms with Crippen molar-refractivity contribution in [2.75, 3.05) is 20.3 Å². The number of hydrogen-bond acceptors (Lipinski definition) is 5. The molecule has 1 fully saturated rings. The van der Waals surface area contributed by atoms with Gasteiger partial charge < -0.3 is 14.4 Å². The zero-order chi connectivity index (χ0) is 18.8. The van der Waals surface area contributed by atoms with E-state index in [1.807, 2.05) is 17.9 Å². The number of amides is 1. The molecule has 2 aromatic rings. The first-order chi connectivity index (χ1) is 13.2. The van der Waals surface area contributed by atoms with Crippen LogP contribution in [0.2, 0.25) is 0 Å². The number of fused-ring (bicyclic) bond motifs is 1. The van der Waals surface area contributed by atoms with Gasteiger partial charge in [0.25, 0.3) is 5.91 Å². The predicted octanol–water partition coefficient (Wildman–Crippen LogP) is 2.79. The lowest BCUT2D eigenvalue weighted by atomic mass is 9.82. The van der Waals surface area contributed by atoms with Gasteiger partial charge in [-0.2, -0.15) is 0 Å². The highest BCUT2D eigenvalue weighted by Crippen LogP contribution is 2.34. The van der Waals surface area contributed by atoms with Crippen LogP contribution in [-0.2, 0) is 17.7 Å². The van der Waals surface area contributed by atoms with Crippen LogP contribution in [0.1, 0.15) is 40.0 Å². The summed E-state index contributed by atoms with van der Waals surface area (Å²) in [7, 11) is 1.69. The van der Waals surface area contributed by atoms with Crippen LogP contribution in [0.25, 0.3) is 0 Å². The molecule has 1 atom stereocenters. The normalized spacial score (nSPS) is 20.2. The van der Waals surface area contributed by atoms with Gasteiger partial charge in [0.2, 0.25) is 0 Å². The first-order valence-corrected chi connectivity index (χ1v) is 9.48. The molecular formula is C21H25N3O3. The van der Waals surface area contributed by atoms with E-state index in [-0.39, 0.29) is 11.9 Å². The average molecular weight is 367 g/mol. The fourth-order valence-corrected chi connectivity index (χ4v) is 4.21. The average Bonchev–Trinajstić information content (AvgIpc) is 2.73. The summed E-state index contributed by atoms with van der Waals surface area (Å²) in [6, 6.07) is 6.30. The van der Waals surface area contributed by atoms with Crippen molar-refractivity contribution in [3.63, 3.8) is 0 Å². The van der Waals surface area contributed by atoms with E-state index in [0.717, 1.165) is 43.9 Å². The SMILES string of the molecule is COc1ccc2c(c1)C[C@@H](C1CCOCC1)N(C(=O)c1cncnc1C)C2. The Balaban J connectivity index is 1.70. The van der Waals surface area contributed by atoms with E-state index in [0.29, 0.717) is 18.0 Å². The maximum atomic E-state index is 13.4. The van der Waals surface area contributed by atoms with Gasteiger partial charge in [0, 0.05) is 32.0 Å². The molecule has 0 N–H and O–H groups in total. The fraction of sp³-hybridized carbons (Fsp3) is 0.476. The molecule has 3 heterocycles. The molecule has 1 aromatic carbocycles. The molecule has 4 rings (SSSR count). The van der Waals surface area contributed by atoms with E-state index in [1.54, 1.807) is 13.3 Å². The number of rotatable bonds is 3. The Hall–Kier alpha value is -2.47. The van der Waals surface area contributed by atoms with E-state index in [4.69, 9.17) is 9.47 Å². The van der Waals surface area contributed by atoms with E-state index >= 15 is 0 Å². The van der Waals surface area contributed by atoms with E-state index < -0.39 is 0 Å². The molecule has 27 heavy (non-hydrogen) atoms. The van der Waals surface area contributed by atoms with Crippen molar-refractivity contribution in [1.82, 2.24) is 14.9 Å². The van der Waals surface area contributed by atoms with Crippen LogP contribution in [0.3, 0.4) is 0 Å². The topological polar surface area (TPSA) is 64.6 Å². The second-order valence-electron chi connectivity index (χ2n) is 7.31. The number of carbonyl (C=O) groups is 1. The highest BCUT2D eigenvalue weighted by molar-refractivity contribution is 5.95. The van der Waals surface area contributed by atoms with Crippen molar-refractivity contribution in [2.45, 2.75) is 38.8 Å². The van der Waals surface area contributed by atoms with Crippen LogP contribution in [0.15, 0.2) is 30.7 Å². The Kier molecular flexibility index (Phi) is 5.07. The monoisotopic (exact) mass is 367 g/mol. The van der Waals surface area contributed by atoms with Crippen molar-refractivity contribution in [1.29, 1.82) is 0 Å². The molecule has 0 spiro atoms. The minimum Gasteiger partial charge on any atom is -0.497 e. The van der Waals surface area contributed by atoms with Gasteiger partial charge in [-0.1, -0.05) is 6.07 Å². The molecule has 0 aliphatic carbocycles. The Morgan fingerprint density at radius 3 is 2.81 bits per heavy atom. The van der Waals surface area contributed by atoms with Gasteiger partial charge in [-0.25, -0.2) is 9.97 Å². The zero-order valence-corrected chi connectivity index (χ0v) is 15.9. The number of carbonyl (C=O) groups excluding carboxylic acids is 1. The van der Waals surface area contributed by atoms with Gasteiger partial charge in [-0.05, 0) is 55.4 Å². The Bertz CT molecular complexity index is 833. The second-order valence-corrected chi connectivity index (χ2v) is 7.31. The van der Waals surface area contributed by atoms with Crippen LogP contribution in [0, 0.1) is 12.8 Å². The van der Waals surface area contributed by atoms with Gasteiger partial charge in [0.05, 0.1) is 18.4 Å². The van der Waals surface area contributed by atoms with E-state index in [2.05, 4.69) is 22.1 Å². The third-order valence-electron chi connectivity index (χ3n) is 5.80. The van der Waals surface area contributed by atoms with Gasteiger partial charge in [0.1, 0.15) is 12.1 Å². The van der Waals surface area contributed by atoms with Gasteiger partial charge in [-0.3, -0.25) is 4.79 Å². The van der Waals surface area contributed by atoms with Crippen molar-refractivity contribution in [3.8, 4) is 5.75 Å². The molecule has 2 aliphatic heterocycles. The lowest BCUT2D eigenvalue weighted by molar-refractivity contribution is 0.0179. The molecule has 6 heteroatoms. The lowest BCUT2D eigenvalue weighted by Crippen LogP contribution is -2.49. The smallest absolute Gasteiger partial charge is 0.257 e. The third kappa shape index (κ3) is 3.54. The maximum absolute atomic E-state index is 13.4. The van der Waals surface area contributed by atoms with E-state index in [1.165, 1.54) is 17.5 Å². The first kappa shape index (κ1) is 17.9. The summed E-state index contributed by atoms with van der Waals surface area (Å²) in [4.78, 5) is 23.7. The fourth-order valence-electron chi connectivity index (χ4n) is 4.21. The lowest BCUT2D eigenvalue weighted by Gasteiger charge is -2.42. The summed E-state index contributed by atoms with van der Waals surface area (Å²) in [5, 5.41) is 0. The summed E-state index contributed by atoms with van der Waals surface area (Å²) in [6.07, 6.45) is 5.93. The van der Waals surface area contributed by atoms with Crippen molar-refractivity contribution in [2.24, 2.45) is 5.92 Å². The molecule has 0 saturated carbocycles. The molecule has 1 amide bonds. The summed E-state index contributed by atoms with van der Waals surface area (Å²) in [5.74, 6) is 1.32. The number of methoxy groups -OCH3 is 1. The molecule has 0 bridgehead atoms. The number of ether oxygens (including phenoxy) is 2. The van der Waals surface area contributed by atoms with E-state index in [9.17, 15) is 4.79 Å². The van der Waals surface area contributed by atoms with Crippen LogP contribution < -0.4 is 4.74 Å². The Morgan fingerprint density at radius 1 is 1.26 bits per heavy atom. The van der Waals surface area contributed by atoms with Crippen molar-refractivity contribution < 1.29 is 14.3 Å². The molecule has 2 aliphatic rings. The van der Waals surface area contributed by atoms with Gasteiger partial charge in [-0.15, -0.1) is 0 Å². The molecule has 1 saturated heterocycles. The molecular weight excluding hydrogens is 342 g/mol. The zero-order valence-electron chi connectivity index (χ0n) is 15.9. The second kappa shape index (κ2) is 7.64. The van der Waals surface area contributed by atoms with Gasteiger partial charge in [0.15, 0.2) is 0 Å². The maximum Gasteiger partial charge on any atom is 0.257 e. The molecule has 142 valence electrons. The quantitative estimate of drug-likeness (QED) is 0.835. The number of hydrogen-bond donors (Lipinski definition) is 0. The molecule has 0 radical (unpaired) electrons. The Labute approximate surface area is 159 Å². The van der Waals surface area contributed by atoms with Crippen LogP contribution >= 0.6 is 0 Å². The highest BCUT2D eigenvalue weighted by Gasteiger charge is 2.37. The van der Waals surface area contributed by atoms with Crippen LogP contribution in [-0.4, -0.2) is 47.1 Å². The number of benzene rings is 1. The summed E-state index contributed by atoms with van der Waals surface area (Å²) in [6.45, 7) is 4.00. The van der Waals surface area contributed by atoms with Gasteiger partial charge >= 0.3 is 0 Å². The minimum atomic E-state index is 0.0195. The largest absolute Gasteiger partial charge is 0.497 e. The molecule has 0 unspecified atom stereocenters. The minimum absolute atomic E-state index is 0.0195. The Morgan fingerprint density at radius 2 is 2.07 bits per heavy atom. The number of aromatic nitrogens is 2. The third-order valence-corrected chi connectivity index (χ3v) is 5.80. The number of aryl methyl sites for hydroxylation is 1. The van der Waals surface area contributed by atoms with Crippen molar-refractivity contribution in [3.05, 3.63) is 53.1 Å². The summed E-state index contributed by atoms with van der Waals surface area (Å²) >= 11 is 0. The summed E-state index contributed by atoms with van der Waals surface area (Å²) < 4.78 is 11.0. The standard InChI is InChI=1S/C21H25N3O3/c1-14-19(11-22-13-23-14)21(25)24-12-16-3-4-18(26-2)9-17(16)10-20(24)15-5-7-27-8-6-15/h3-4,9,11,13,15,20H,5-8,10,12H2,1-2H3/t20-/m0/s1. The first-order valence-electron chi connectivity index (χ1n) is 9.48. The summed E-state index contributed by atoms with van der Waals surface area (Å²) in [5.41, 5.74) is 3.77. The molecule has 6 nitrogen and oxygen atoms in total. The van der Waals surface area contributed by atoms with Crippen LogP contribution in [0.5, 0.6) is 5.75 Å². The van der Waals surface area contributed by atoms with Crippen LogP contribution in [0.4, 0.5) is 0 Å².